The minimum absolute atomic E-state index is 0.0733. The number of imide groups is 1. The van der Waals surface area contributed by atoms with Crippen molar-refractivity contribution in [1.29, 1.82) is 0 Å². The van der Waals surface area contributed by atoms with Crippen molar-refractivity contribution in [1.82, 2.24) is 5.06 Å². The first-order valence-electron chi connectivity index (χ1n) is 9.00. The summed E-state index contributed by atoms with van der Waals surface area (Å²) in [4.78, 5) is 37.5. The van der Waals surface area contributed by atoms with E-state index in [2.05, 4.69) is 0 Å². The molecule has 1 aromatic carbocycles. The second-order valence-corrected chi connectivity index (χ2v) is 9.98. The molecule has 144 valence electrons. The lowest BCUT2D eigenvalue weighted by Gasteiger charge is -2.40. The SMILES string of the molecule is CC1(C)CC2CCC(=O)C1(CS(=O)(=O)ON1C(=O)c3ccccc3C1=O)C2. The number of rotatable bonds is 4. The highest BCUT2D eigenvalue weighted by atomic mass is 32.2. The Hall–Kier alpha value is -2.06. The number of hydrogen-bond donors (Lipinski definition) is 0. The minimum Gasteiger partial charge on any atom is -0.299 e. The molecule has 27 heavy (non-hydrogen) atoms. The monoisotopic (exact) mass is 391 g/mol. The number of amides is 2. The molecule has 0 spiro atoms. The smallest absolute Gasteiger partial charge is 0.289 e. The van der Waals surface area contributed by atoms with E-state index in [9.17, 15) is 22.8 Å². The molecule has 2 bridgehead atoms. The fourth-order valence-corrected chi connectivity index (χ4v) is 6.73. The van der Waals surface area contributed by atoms with E-state index >= 15 is 0 Å². The van der Waals surface area contributed by atoms with Crippen molar-refractivity contribution in [3.63, 3.8) is 0 Å². The number of fused-ring (bicyclic) bond motifs is 3. The van der Waals surface area contributed by atoms with Crippen LogP contribution in [0.1, 0.15) is 60.2 Å². The summed E-state index contributed by atoms with van der Waals surface area (Å²) in [5.74, 6) is -1.90. The summed E-state index contributed by atoms with van der Waals surface area (Å²) in [5.41, 5.74) is -1.31. The summed E-state index contributed by atoms with van der Waals surface area (Å²) in [6, 6.07) is 6.06. The predicted octanol–water partition coefficient (Wildman–Crippen LogP) is 2.33. The highest BCUT2D eigenvalue weighted by molar-refractivity contribution is 7.86. The average molecular weight is 391 g/mol. The van der Waals surface area contributed by atoms with Gasteiger partial charge in [0.15, 0.2) is 0 Å². The summed E-state index contributed by atoms with van der Waals surface area (Å²) >= 11 is 0. The summed E-state index contributed by atoms with van der Waals surface area (Å²) in [5, 5.41) is 0.295. The second kappa shape index (κ2) is 5.72. The van der Waals surface area contributed by atoms with Crippen molar-refractivity contribution in [3.8, 4) is 0 Å². The average Bonchev–Trinajstić information content (AvgIpc) is 2.95. The van der Waals surface area contributed by atoms with Crippen LogP contribution in [0.5, 0.6) is 0 Å². The van der Waals surface area contributed by atoms with Gasteiger partial charge in [-0.25, -0.2) is 0 Å². The van der Waals surface area contributed by atoms with Gasteiger partial charge in [0.1, 0.15) is 5.78 Å². The molecule has 2 aliphatic carbocycles. The summed E-state index contributed by atoms with van der Waals surface area (Å²) in [7, 11) is -4.33. The van der Waals surface area contributed by atoms with Gasteiger partial charge >= 0.3 is 0 Å². The maximum Gasteiger partial charge on any atom is 0.289 e. The lowest BCUT2D eigenvalue weighted by Crippen LogP contribution is -2.48. The van der Waals surface area contributed by atoms with E-state index in [0.29, 0.717) is 23.8 Å². The summed E-state index contributed by atoms with van der Waals surface area (Å²) in [6.45, 7) is 3.82. The Kier molecular flexibility index (Phi) is 3.88. The van der Waals surface area contributed by atoms with Gasteiger partial charge in [-0.3, -0.25) is 14.4 Å². The molecule has 0 aromatic heterocycles. The fraction of sp³-hybridized carbons (Fsp3) is 0.526. The third-order valence-corrected chi connectivity index (χ3v) is 7.64. The van der Waals surface area contributed by atoms with Gasteiger partial charge in [-0.15, -0.1) is 9.35 Å². The Balaban J connectivity index is 1.61. The van der Waals surface area contributed by atoms with Crippen LogP contribution in [0.3, 0.4) is 0 Å². The van der Waals surface area contributed by atoms with Crippen LogP contribution in [-0.4, -0.2) is 36.8 Å². The molecule has 2 fully saturated rings. The second-order valence-electron chi connectivity index (χ2n) is 8.43. The Labute approximate surface area is 157 Å². The van der Waals surface area contributed by atoms with Gasteiger partial charge in [0.25, 0.3) is 21.9 Å². The third kappa shape index (κ3) is 2.65. The molecule has 2 atom stereocenters. The molecule has 4 rings (SSSR count). The van der Waals surface area contributed by atoms with Crippen molar-refractivity contribution < 1.29 is 27.1 Å². The van der Waals surface area contributed by atoms with E-state index < -0.39 is 38.5 Å². The van der Waals surface area contributed by atoms with E-state index in [1.54, 1.807) is 12.1 Å². The number of carbonyl (C=O) groups excluding carboxylic acids is 3. The van der Waals surface area contributed by atoms with Gasteiger partial charge in [0.05, 0.1) is 22.3 Å². The highest BCUT2D eigenvalue weighted by Crippen LogP contribution is 2.60. The topological polar surface area (TPSA) is 97.8 Å². The molecule has 0 N–H and O–H groups in total. The highest BCUT2D eigenvalue weighted by Gasteiger charge is 2.61. The Morgan fingerprint density at radius 2 is 1.67 bits per heavy atom. The van der Waals surface area contributed by atoms with E-state index in [1.165, 1.54) is 12.1 Å². The maximum absolute atomic E-state index is 12.8. The molecule has 1 heterocycles. The number of benzene rings is 1. The summed E-state index contributed by atoms with van der Waals surface area (Å²) in [6.07, 6.45) is 2.42. The van der Waals surface area contributed by atoms with E-state index in [-0.39, 0.29) is 16.9 Å². The number of Topliss-reactive ketones (excluding diaryl/α,β-unsaturated/α-hetero) is 1. The molecule has 0 radical (unpaired) electrons. The molecule has 2 unspecified atom stereocenters. The maximum atomic E-state index is 12.8. The van der Waals surface area contributed by atoms with Crippen LogP contribution in [-0.2, 0) is 19.2 Å². The normalized spacial score (nSPS) is 29.3. The Morgan fingerprint density at radius 1 is 1.07 bits per heavy atom. The largest absolute Gasteiger partial charge is 0.299 e. The zero-order valence-corrected chi connectivity index (χ0v) is 16.0. The van der Waals surface area contributed by atoms with Gasteiger partial charge in [-0.05, 0) is 42.7 Å². The number of nitrogens with zero attached hydrogens (tertiary/aromatic N) is 1. The van der Waals surface area contributed by atoms with Crippen LogP contribution < -0.4 is 0 Å². The zero-order valence-electron chi connectivity index (χ0n) is 15.2. The molecule has 3 aliphatic rings. The number of hydroxylamine groups is 2. The van der Waals surface area contributed by atoms with Crippen molar-refractivity contribution in [3.05, 3.63) is 35.4 Å². The number of carbonyl (C=O) groups is 3. The van der Waals surface area contributed by atoms with Crippen LogP contribution in [0.25, 0.3) is 0 Å². The summed E-state index contributed by atoms with van der Waals surface area (Å²) < 4.78 is 30.5. The van der Waals surface area contributed by atoms with E-state index in [0.717, 1.165) is 12.8 Å². The van der Waals surface area contributed by atoms with Gasteiger partial charge in [-0.2, -0.15) is 8.42 Å². The van der Waals surface area contributed by atoms with Gasteiger partial charge in [-0.1, -0.05) is 26.0 Å². The molecular formula is C19H21NO6S. The third-order valence-electron chi connectivity index (χ3n) is 6.41. The first-order valence-corrected chi connectivity index (χ1v) is 10.6. The van der Waals surface area contributed by atoms with Gasteiger partial charge in [0.2, 0.25) is 0 Å². The van der Waals surface area contributed by atoms with Crippen molar-refractivity contribution in [2.24, 2.45) is 16.7 Å². The Morgan fingerprint density at radius 3 is 2.26 bits per heavy atom. The number of ketones is 1. The van der Waals surface area contributed by atoms with E-state index in [4.69, 9.17) is 4.28 Å². The minimum atomic E-state index is -4.33. The first kappa shape index (κ1) is 18.3. The molecule has 2 saturated carbocycles. The quantitative estimate of drug-likeness (QED) is 0.731. The van der Waals surface area contributed by atoms with Crippen LogP contribution in [0.2, 0.25) is 0 Å². The molecule has 2 amide bonds. The molecule has 0 saturated heterocycles. The molecular weight excluding hydrogens is 370 g/mol. The van der Waals surface area contributed by atoms with Crippen LogP contribution in [0, 0.1) is 16.7 Å². The first-order chi connectivity index (χ1) is 12.6. The lowest BCUT2D eigenvalue weighted by atomic mass is 9.65. The molecule has 7 nitrogen and oxygen atoms in total. The van der Waals surface area contributed by atoms with Crippen LogP contribution in [0.4, 0.5) is 0 Å². The molecule has 8 heteroatoms. The van der Waals surface area contributed by atoms with E-state index in [1.807, 2.05) is 13.8 Å². The van der Waals surface area contributed by atoms with Gasteiger partial charge in [0, 0.05) is 6.42 Å². The molecule has 1 aromatic rings. The van der Waals surface area contributed by atoms with Crippen molar-refractivity contribution in [2.45, 2.75) is 39.5 Å². The zero-order chi connectivity index (χ0) is 19.6. The standard InChI is InChI=1S/C19H21NO6S/c1-18(2)9-12-7-8-15(21)19(18,10-12)11-27(24,25)26-20-16(22)13-5-3-4-6-14(13)17(20)23/h3-6,12H,7-11H2,1-2H3. The van der Waals surface area contributed by atoms with Gasteiger partial charge < -0.3 is 0 Å². The van der Waals surface area contributed by atoms with Crippen molar-refractivity contribution in [2.75, 3.05) is 5.75 Å². The van der Waals surface area contributed by atoms with Crippen LogP contribution >= 0.6 is 0 Å². The molecule has 1 aliphatic heterocycles. The lowest BCUT2D eigenvalue weighted by molar-refractivity contribution is -0.133. The number of hydrogen-bond acceptors (Lipinski definition) is 6. The predicted molar refractivity (Wildman–Crippen MR) is 95.0 cm³/mol. The van der Waals surface area contributed by atoms with Crippen LogP contribution in [0.15, 0.2) is 24.3 Å². The Bertz CT molecular complexity index is 931. The van der Waals surface area contributed by atoms with Crippen molar-refractivity contribution >= 4 is 27.7 Å². The fourth-order valence-electron chi connectivity index (χ4n) is 5.04.